The fourth-order valence-corrected chi connectivity index (χ4v) is 3.11. The Morgan fingerprint density at radius 1 is 1.06 bits per heavy atom. The van der Waals surface area contributed by atoms with Crippen LogP contribution in [-0.2, 0) is 25.6 Å². The van der Waals surface area contributed by atoms with Crippen LogP contribution in [0.3, 0.4) is 0 Å². The molecule has 3 amide bonds. The van der Waals surface area contributed by atoms with Crippen molar-refractivity contribution in [2.24, 2.45) is 11.7 Å². The smallest absolute Gasteiger partial charge is 0.326 e. The zero-order chi connectivity index (χ0) is 23.0. The topological polar surface area (TPSA) is 166 Å². The Morgan fingerprint density at radius 3 is 2.42 bits per heavy atom. The predicted molar refractivity (Wildman–Crippen MR) is 115 cm³/mol. The van der Waals surface area contributed by atoms with Gasteiger partial charge in [0.25, 0.3) is 0 Å². The Bertz CT molecular complexity index is 939. The van der Waals surface area contributed by atoms with Crippen LogP contribution in [0, 0.1) is 5.92 Å². The highest BCUT2D eigenvalue weighted by Crippen LogP contribution is 2.18. The van der Waals surface area contributed by atoms with E-state index in [-0.39, 0.29) is 18.9 Å². The van der Waals surface area contributed by atoms with Gasteiger partial charge in [-0.2, -0.15) is 0 Å². The Morgan fingerprint density at radius 2 is 1.74 bits per heavy atom. The number of amides is 3. The van der Waals surface area contributed by atoms with Crippen molar-refractivity contribution in [3.8, 4) is 0 Å². The molecule has 10 heteroatoms. The SMILES string of the molecule is CC(C)CC(NC(=O)CNC(=O)CNC(=O)C(N)Cc1c[nH]c2ccccc12)C(=O)O. The van der Waals surface area contributed by atoms with Crippen molar-refractivity contribution in [2.75, 3.05) is 13.1 Å². The number of benzene rings is 1. The van der Waals surface area contributed by atoms with Crippen LogP contribution >= 0.6 is 0 Å². The van der Waals surface area contributed by atoms with Gasteiger partial charge in [-0.3, -0.25) is 14.4 Å². The molecule has 10 nitrogen and oxygen atoms in total. The van der Waals surface area contributed by atoms with Crippen molar-refractivity contribution in [1.29, 1.82) is 0 Å². The zero-order valence-corrected chi connectivity index (χ0v) is 17.6. The Kier molecular flexibility index (Phi) is 8.56. The number of aromatic amines is 1. The number of nitrogens with one attached hydrogen (secondary N) is 4. The molecule has 0 spiro atoms. The highest BCUT2D eigenvalue weighted by molar-refractivity contribution is 5.91. The van der Waals surface area contributed by atoms with Crippen molar-refractivity contribution < 1.29 is 24.3 Å². The maximum Gasteiger partial charge on any atom is 0.326 e. The predicted octanol–water partition coefficient (Wildman–Crippen LogP) is -0.114. The summed E-state index contributed by atoms with van der Waals surface area (Å²) < 4.78 is 0. The molecule has 0 saturated carbocycles. The molecule has 2 aromatic rings. The van der Waals surface area contributed by atoms with Crippen LogP contribution in [-0.4, -0.2) is 59.0 Å². The number of hydrogen-bond acceptors (Lipinski definition) is 5. The number of carbonyl (C=O) groups excluding carboxylic acids is 3. The number of fused-ring (bicyclic) bond motifs is 1. The van der Waals surface area contributed by atoms with Gasteiger partial charge in [-0.15, -0.1) is 0 Å². The first-order chi connectivity index (χ1) is 14.7. The molecular weight excluding hydrogens is 402 g/mol. The third-order valence-electron chi connectivity index (χ3n) is 4.66. The molecule has 168 valence electrons. The molecule has 0 aliphatic heterocycles. The van der Waals surface area contributed by atoms with Crippen LogP contribution in [0.15, 0.2) is 30.5 Å². The minimum Gasteiger partial charge on any atom is -0.480 e. The second kappa shape index (κ2) is 11.1. The highest BCUT2D eigenvalue weighted by Gasteiger charge is 2.21. The van der Waals surface area contributed by atoms with E-state index in [9.17, 15) is 19.2 Å². The molecule has 1 aromatic carbocycles. The number of hydrogen-bond donors (Lipinski definition) is 6. The van der Waals surface area contributed by atoms with Gasteiger partial charge in [0.1, 0.15) is 6.04 Å². The van der Waals surface area contributed by atoms with Crippen LogP contribution in [0.2, 0.25) is 0 Å². The zero-order valence-electron chi connectivity index (χ0n) is 17.6. The van der Waals surface area contributed by atoms with Crippen molar-refractivity contribution in [3.63, 3.8) is 0 Å². The summed E-state index contributed by atoms with van der Waals surface area (Å²) in [6.07, 6.45) is 2.37. The second-order valence-corrected chi connectivity index (χ2v) is 7.75. The summed E-state index contributed by atoms with van der Waals surface area (Å²) in [6.45, 7) is 2.95. The van der Waals surface area contributed by atoms with Crippen LogP contribution in [0.25, 0.3) is 10.9 Å². The van der Waals surface area contributed by atoms with Gasteiger partial charge < -0.3 is 31.8 Å². The van der Waals surface area contributed by atoms with E-state index < -0.39 is 42.3 Å². The van der Waals surface area contributed by atoms with Crippen molar-refractivity contribution in [1.82, 2.24) is 20.9 Å². The van der Waals surface area contributed by atoms with Gasteiger partial charge in [-0.05, 0) is 30.4 Å². The van der Waals surface area contributed by atoms with Gasteiger partial charge in [0.2, 0.25) is 17.7 Å². The fourth-order valence-electron chi connectivity index (χ4n) is 3.11. The lowest BCUT2D eigenvalue weighted by Crippen LogP contribution is -2.49. The summed E-state index contributed by atoms with van der Waals surface area (Å²) >= 11 is 0. The molecule has 0 aliphatic rings. The molecule has 1 heterocycles. The molecule has 2 atom stereocenters. The summed E-state index contributed by atoms with van der Waals surface area (Å²) in [5.74, 6) is -2.75. The van der Waals surface area contributed by atoms with Crippen LogP contribution in [0.5, 0.6) is 0 Å². The van der Waals surface area contributed by atoms with Crippen molar-refractivity contribution in [3.05, 3.63) is 36.0 Å². The van der Waals surface area contributed by atoms with E-state index in [2.05, 4.69) is 20.9 Å². The average molecular weight is 431 g/mol. The van der Waals surface area contributed by atoms with Gasteiger partial charge in [-0.25, -0.2) is 4.79 Å². The number of H-pyrrole nitrogens is 1. The molecular formula is C21H29N5O5. The minimum absolute atomic E-state index is 0.0830. The number of nitrogens with two attached hydrogens (primary N) is 1. The standard InChI is InChI=1S/C21H29N5O5/c1-12(2)7-17(21(30)31)26-19(28)11-24-18(27)10-25-20(29)15(22)8-13-9-23-16-6-4-3-5-14(13)16/h3-6,9,12,15,17,23H,7-8,10-11,22H2,1-2H3,(H,24,27)(H,25,29)(H,26,28)(H,30,31). The molecule has 0 fully saturated rings. The maximum atomic E-state index is 12.2. The van der Waals surface area contributed by atoms with E-state index >= 15 is 0 Å². The summed E-state index contributed by atoms with van der Waals surface area (Å²) in [7, 11) is 0. The largest absolute Gasteiger partial charge is 0.480 e. The third-order valence-corrected chi connectivity index (χ3v) is 4.66. The summed E-state index contributed by atoms with van der Waals surface area (Å²) in [5, 5.41) is 17.3. The fraction of sp³-hybridized carbons (Fsp3) is 0.429. The maximum absolute atomic E-state index is 12.2. The third kappa shape index (κ3) is 7.41. The van der Waals surface area contributed by atoms with E-state index in [1.807, 2.05) is 38.1 Å². The van der Waals surface area contributed by atoms with E-state index in [1.165, 1.54) is 0 Å². The average Bonchev–Trinajstić information content (AvgIpc) is 3.12. The first kappa shape index (κ1) is 23.9. The van der Waals surface area contributed by atoms with E-state index in [1.54, 1.807) is 6.20 Å². The minimum atomic E-state index is -1.13. The number of carboxylic acids is 1. The lowest BCUT2D eigenvalue weighted by molar-refractivity contribution is -0.142. The van der Waals surface area contributed by atoms with Gasteiger partial charge in [-0.1, -0.05) is 32.0 Å². The lowest BCUT2D eigenvalue weighted by Gasteiger charge is -2.16. The number of carboxylic acid groups (broad SMARTS) is 1. The van der Waals surface area contributed by atoms with Crippen molar-refractivity contribution in [2.45, 2.75) is 38.8 Å². The molecule has 7 N–H and O–H groups in total. The first-order valence-corrected chi connectivity index (χ1v) is 10.0. The van der Waals surface area contributed by atoms with Gasteiger partial charge in [0.05, 0.1) is 19.1 Å². The van der Waals surface area contributed by atoms with Gasteiger partial charge in [0.15, 0.2) is 0 Å². The van der Waals surface area contributed by atoms with E-state index in [4.69, 9.17) is 10.8 Å². The molecule has 0 aliphatic carbocycles. The number of rotatable bonds is 11. The number of para-hydroxylation sites is 1. The monoisotopic (exact) mass is 431 g/mol. The molecule has 0 radical (unpaired) electrons. The first-order valence-electron chi connectivity index (χ1n) is 10.0. The highest BCUT2D eigenvalue weighted by atomic mass is 16.4. The molecule has 0 bridgehead atoms. The van der Waals surface area contributed by atoms with Crippen LogP contribution < -0.4 is 21.7 Å². The summed E-state index contributed by atoms with van der Waals surface area (Å²) in [5.41, 5.74) is 7.80. The number of carbonyl (C=O) groups is 4. The normalized spacial score (nSPS) is 12.9. The van der Waals surface area contributed by atoms with Gasteiger partial charge in [0, 0.05) is 17.1 Å². The molecule has 2 unspecified atom stereocenters. The molecule has 2 rings (SSSR count). The van der Waals surface area contributed by atoms with Crippen molar-refractivity contribution >= 4 is 34.6 Å². The number of aliphatic carboxylic acids is 1. The van der Waals surface area contributed by atoms with Gasteiger partial charge >= 0.3 is 5.97 Å². The lowest BCUT2D eigenvalue weighted by atomic mass is 10.0. The molecule has 1 aromatic heterocycles. The van der Waals surface area contributed by atoms with Crippen LogP contribution in [0.1, 0.15) is 25.8 Å². The Labute approximate surface area is 179 Å². The van der Waals surface area contributed by atoms with E-state index in [0.29, 0.717) is 6.42 Å². The Balaban J connectivity index is 1.74. The summed E-state index contributed by atoms with van der Waals surface area (Å²) in [4.78, 5) is 50.3. The van der Waals surface area contributed by atoms with Crippen LogP contribution in [0.4, 0.5) is 0 Å². The number of aromatic nitrogens is 1. The van der Waals surface area contributed by atoms with E-state index in [0.717, 1.165) is 16.5 Å². The summed E-state index contributed by atoms with van der Waals surface area (Å²) in [6, 6.07) is 5.79. The quantitative estimate of drug-likeness (QED) is 0.290. The molecule has 0 saturated heterocycles. The second-order valence-electron chi connectivity index (χ2n) is 7.75. The molecule has 31 heavy (non-hydrogen) atoms. The Hall–Kier alpha value is -3.40.